The molecular formula is C15H15BrF2N2O. The Morgan fingerprint density at radius 2 is 2.00 bits per heavy atom. The van der Waals surface area contributed by atoms with E-state index in [4.69, 9.17) is 4.74 Å². The van der Waals surface area contributed by atoms with Crippen LogP contribution >= 0.6 is 15.9 Å². The minimum Gasteiger partial charge on any atom is -0.484 e. The van der Waals surface area contributed by atoms with E-state index in [1.54, 1.807) is 6.07 Å². The molecule has 1 aromatic carbocycles. The smallest absolute Gasteiger partial charge is 0.200 e. The fraction of sp³-hybridized carbons (Fsp3) is 0.267. The molecule has 0 bridgehead atoms. The van der Waals surface area contributed by atoms with Gasteiger partial charge in [-0.1, -0.05) is 28.9 Å². The molecule has 0 aliphatic heterocycles. The topological polar surface area (TPSA) is 34.1 Å². The summed E-state index contributed by atoms with van der Waals surface area (Å²) in [4.78, 5) is 4.38. The summed E-state index contributed by atoms with van der Waals surface area (Å²) in [6, 6.07) is 7.97. The largest absolute Gasteiger partial charge is 0.484 e. The van der Waals surface area contributed by atoms with E-state index >= 15 is 0 Å². The van der Waals surface area contributed by atoms with Crippen molar-refractivity contribution in [1.29, 1.82) is 0 Å². The first-order valence-electron chi connectivity index (χ1n) is 6.53. The van der Waals surface area contributed by atoms with Gasteiger partial charge in [-0.15, -0.1) is 0 Å². The molecule has 0 saturated carbocycles. The number of nitrogens with zero attached hydrogens (tertiary/aromatic N) is 1. The summed E-state index contributed by atoms with van der Waals surface area (Å²) in [6.07, 6.45) is 0. The number of halogens is 3. The molecule has 0 aliphatic carbocycles. The summed E-state index contributed by atoms with van der Waals surface area (Å²) in [5.74, 6) is -2.09. The van der Waals surface area contributed by atoms with E-state index in [2.05, 4.69) is 26.2 Å². The summed E-state index contributed by atoms with van der Waals surface area (Å²) < 4.78 is 32.6. The van der Waals surface area contributed by atoms with Gasteiger partial charge >= 0.3 is 0 Å². The van der Waals surface area contributed by atoms with Crippen LogP contribution in [0.5, 0.6) is 5.75 Å². The molecule has 0 spiro atoms. The Kier molecular flexibility index (Phi) is 5.64. The quantitative estimate of drug-likeness (QED) is 0.799. The maximum atomic E-state index is 13.6. The number of rotatable bonds is 6. The third-order valence-corrected chi connectivity index (χ3v) is 3.21. The van der Waals surface area contributed by atoms with E-state index in [9.17, 15) is 8.78 Å². The molecule has 0 saturated heterocycles. The van der Waals surface area contributed by atoms with E-state index < -0.39 is 11.6 Å². The Labute approximate surface area is 130 Å². The van der Waals surface area contributed by atoms with Crippen LogP contribution in [0, 0.1) is 11.6 Å². The number of hydrogen-bond donors (Lipinski definition) is 1. The van der Waals surface area contributed by atoms with Crippen LogP contribution in [0.25, 0.3) is 0 Å². The van der Waals surface area contributed by atoms with Crippen molar-refractivity contribution in [1.82, 2.24) is 10.3 Å². The number of aromatic nitrogens is 1. The molecule has 1 heterocycles. The number of pyridine rings is 1. The molecule has 112 valence electrons. The van der Waals surface area contributed by atoms with Crippen LogP contribution in [0.1, 0.15) is 18.3 Å². The van der Waals surface area contributed by atoms with Gasteiger partial charge in [-0.05, 0) is 30.8 Å². The fourth-order valence-corrected chi connectivity index (χ4v) is 2.16. The lowest BCUT2D eigenvalue weighted by atomic mass is 10.3. The number of ether oxygens (including phenoxy) is 1. The standard InChI is InChI=1S/C15H15BrF2N2O/c1-2-19-8-11-4-3-5-12(20-11)9-21-14-7-10(16)6-13(17)15(14)18/h3-7,19H,2,8-9H2,1H3. The van der Waals surface area contributed by atoms with Gasteiger partial charge in [0.25, 0.3) is 0 Å². The monoisotopic (exact) mass is 356 g/mol. The van der Waals surface area contributed by atoms with Gasteiger partial charge in [0.1, 0.15) is 6.61 Å². The molecule has 3 nitrogen and oxygen atoms in total. The lowest BCUT2D eigenvalue weighted by molar-refractivity contribution is 0.280. The van der Waals surface area contributed by atoms with Crippen LogP contribution in [-0.4, -0.2) is 11.5 Å². The van der Waals surface area contributed by atoms with Crippen molar-refractivity contribution >= 4 is 15.9 Å². The summed E-state index contributed by atoms with van der Waals surface area (Å²) >= 11 is 3.10. The second-order valence-electron chi connectivity index (χ2n) is 4.39. The molecule has 2 aromatic rings. The summed E-state index contributed by atoms with van der Waals surface area (Å²) in [7, 11) is 0. The zero-order chi connectivity index (χ0) is 15.2. The van der Waals surface area contributed by atoms with Crippen molar-refractivity contribution in [2.75, 3.05) is 6.54 Å². The number of hydrogen-bond acceptors (Lipinski definition) is 3. The third-order valence-electron chi connectivity index (χ3n) is 2.76. The van der Waals surface area contributed by atoms with Gasteiger partial charge in [-0.2, -0.15) is 4.39 Å². The van der Waals surface area contributed by atoms with Crippen molar-refractivity contribution in [3.8, 4) is 5.75 Å². The minimum absolute atomic E-state index is 0.0762. The third kappa shape index (κ3) is 4.47. The summed E-state index contributed by atoms with van der Waals surface area (Å²) in [5.41, 5.74) is 1.53. The van der Waals surface area contributed by atoms with Gasteiger partial charge in [-0.25, -0.2) is 4.39 Å². The Bertz CT molecular complexity index is 623. The molecule has 0 aliphatic rings. The molecule has 0 amide bonds. The SMILES string of the molecule is CCNCc1cccc(COc2cc(Br)cc(F)c2F)n1. The number of nitrogens with one attached hydrogen (secondary N) is 1. The molecule has 0 unspecified atom stereocenters. The van der Waals surface area contributed by atoms with Gasteiger partial charge in [0, 0.05) is 11.0 Å². The first-order valence-corrected chi connectivity index (χ1v) is 7.32. The van der Waals surface area contributed by atoms with Crippen LogP contribution in [-0.2, 0) is 13.2 Å². The average molecular weight is 357 g/mol. The molecular weight excluding hydrogens is 342 g/mol. The van der Waals surface area contributed by atoms with Crippen LogP contribution in [0.2, 0.25) is 0 Å². The summed E-state index contributed by atoms with van der Waals surface area (Å²) in [5, 5.41) is 3.17. The first-order chi connectivity index (χ1) is 10.1. The average Bonchev–Trinajstić information content (AvgIpc) is 2.47. The second kappa shape index (κ2) is 7.47. The van der Waals surface area contributed by atoms with E-state index in [0.29, 0.717) is 16.7 Å². The van der Waals surface area contributed by atoms with E-state index in [1.807, 2.05) is 19.1 Å². The van der Waals surface area contributed by atoms with Crippen molar-refractivity contribution in [2.24, 2.45) is 0 Å². The van der Waals surface area contributed by atoms with Crippen molar-refractivity contribution < 1.29 is 13.5 Å². The Balaban J connectivity index is 2.06. The molecule has 2 rings (SSSR count). The van der Waals surface area contributed by atoms with Crippen LogP contribution in [0.3, 0.4) is 0 Å². The Morgan fingerprint density at radius 3 is 2.76 bits per heavy atom. The van der Waals surface area contributed by atoms with Gasteiger partial charge in [0.05, 0.1) is 11.4 Å². The normalized spacial score (nSPS) is 10.7. The minimum atomic E-state index is -0.998. The predicted octanol–water partition coefficient (Wildman–Crippen LogP) is 3.81. The van der Waals surface area contributed by atoms with Crippen molar-refractivity contribution in [2.45, 2.75) is 20.1 Å². The zero-order valence-electron chi connectivity index (χ0n) is 11.5. The van der Waals surface area contributed by atoms with Crippen LogP contribution in [0.4, 0.5) is 8.78 Å². The lowest BCUT2D eigenvalue weighted by Gasteiger charge is -2.09. The molecule has 0 fully saturated rings. The highest BCUT2D eigenvalue weighted by molar-refractivity contribution is 9.10. The highest BCUT2D eigenvalue weighted by atomic mass is 79.9. The van der Waals surface area contributed by atoms with Gasteiger partial charge in [0.2, 0.25) is 5.82 Å². The van der Waals surface area contributed by atoms with Gasteiger partial charge in [0.15, 0.2) is 11.6 Å². The first kappa shape index (κ1) is 15.9. The van der Waals surface area contributed by atoms with Crippen molar-refractivity contribution in [3.63, 3.8) is 0 Å². The predicted molar refractivity (Wildman–Crippen MR) is 80.0 cm³/mol. The fourth-order valence-electron chi connectivity index (χ4n) is 1.75. The molecule has 21 heavy (non-hydrogen) atoms. The Hall–Kier alpha value is -1.53. The maximum absolute atomic E-state index is 13.6. The van der Waals surface area contributed by atoms with Crippen LogP contribution < -0.4 is 10.1 Å². The van der Waals surface area contributed by atoms with Crippen molar-refractivity contribution in [3.05, 3.63) is 57.8 Å². The highest BCUT2D eigenvalue weighted by Gasteiger charge is 2.11. The lowest BCUT2D eigenvalue weighted by Crippen LogP contribution is -2.13. The van der Waals surface area contributed by atoms with Crippen LogP contribution in [0.15, 0.2) is 34.8 Å². The Morgan fingerprint density at radius 1 is 1.24 bits per heavy atom. The molecule has 6 heteroatoms. The molecule has 0 atom stereocenters. The number of benzene rings is 1. The molecule has 1 aromatic heterocycles. The van der Waals surface area contributed by atoms with E-state index in [-0.39, 0.29) is 12.4 Å². The molecule has 1 N–H and O–H groups in total. The molecule has 0 radical (unpaired) electrons. The highest BCUT2D eigenvalue weighted by Crippen LogP contribution is 2.25. The maximum Gasteiger partial charge on any atom is 0.200 e. The second-order valence-corrected chi connectivity index (χ2v) is 5.30. The van der Waals surface area contributed by atoms with E-state index in [1.165, 1.54) is 6.07 Å². The summed E-state index contributed by atoms with van der Waals surface area (Å²) in [6.45, 7) is 3.60. The van der Waals surface area contributed by atoms with Gasteiger partial charge in [-0.3, -0.25) is 4.98 Å². The van der Waals surface area contributed by atoms with E-state index in [0.717, 1.165) is 18.3 Å². The van der Waals surface area contributed by atoms with Gasteiger partial charge < -0.3 is 10.1 Å². The zero-order valence-corrected chi connectivity index (χ0v) is 13.1.